The summed E-state index contributed by atoms with van der Waals surface area (Å²) in [6.45, 7) is 7.43. The maximum absolute atomic E-state index is 5.43. The van der Waals surface area contributed by atoms with Crippen molar-refractivity contribution in [3.8, 4) is 0 Å². The standard InChI is InChI=1S/C12H18NO/c1-2-13(8-10-14-11-9-13)12-6-4-3-5-7-12/h3-7H,2,8-11H2,1H3/q+1. The number of ether oxygens (including phenoxy) is 1. The first-order valence-electron chi connectivity index (χ1n) is 5.37. The van der Waals surface area contributed by atoms with Crippen LogP contribution in [0.2, 0.25) is 0 Å². The van der Waals surface area contributed by atoms with Gasteiger partial charge in [0.1, 0.15) is 18.8 Å². The molecule has 0 bridgehead atoms. The van der Waals surface area contributed by atoms with E-state index in [1.54, 1.807) is 0 Å². The molecule has 0 aromatic heterocycles. The van der Waals surface area contributed by atoms with Crippen LogP contribution in [-0.4, -0.2) is 32.8 Å². The van der Waals surface area contributed by atoms with Crippen LogP contribution < -0.4 is 4.48 Å². The van der Waals surface area contributed by atoms with Gasteiger partial charge in [-0.2, -0.15) is 0 Å². The summed E-state index contributed by atoms with van der Waals surface area (Å²) in [5.74, 6) is 0. The quantitative estimate of drug-likeness (QED) is 0.652. The van der Waals surface area contributed by atoms with E-state index < -0.39 is 0 Å². The summed E-state index contributed by atoms with van der Waals surface area (Å²) in [5.41, 5.74) is 1.43. The lowest BCUT2D eigenvalue weighted by Gasteiger charge is -2.39. The zero-order valence-electron chi connectivity index (χ0n) is 8.78. The number of rotatable bonds is 2. The molecule has 1 aliphatic heterocycles. The van der Waals surface area contributed by atoms with E-state index in [0.717, 1.165) is 37.3 Å². The molecule has 0 saturated carbocycles. The second-order valence-corrected chi connectivity index (χ2v) is 3.86. The maximum atomic E-state index is 5.43. The van der Waals surface area contributed by atoms with Crippen LogP contribution in [0.1, 0.15) is 6.92 Å². The van der Waals surface area contributed by atoms with Crippen molar-refractivity contribution < 1.29 is 4.74 Å². The molecule has 0 atom stereocenters. The van der Waals surface area contributed by atoms with Gasteiger partial charge in [0, 0.05) is 0 Å². The number of hydrogen-bond acceptors (Lipinski definition) is 1. The molecule has 0 radical (unpaired) electrons. The Balaban J connectivity index is 2.27. The van der Waals surface area contributed by atoms with Crippen LogP contribution in [0.15, 0.2) is 30.3 Å². The number of quaternary nitrogens is 1. The molecule has 14 heavy (non-hydrogen) atoms. The molecule has 1 heterocycles. The van der Waals surface area contributed by atoms with E-state index in [1.165, 1.54) is 5.69 Å². The Kier molecular flexibility index (Phi) is 2.85. The Morgan fingerprint density at radius 1 is 1.14 bits per heavy atom. The van der Waals surface area contributed by atoms with Crippen LogP contribution in [0, 0.1) is 0 Å². The predicted octanol–water partition coefficient (Wildman–Crippen LogP) is 2.04. The highest BCUT2D eigenvalue weighted by molar-refractivity contribution is 5.42. The zero-order chi connectivity index (χ0) is 9.86. The van der Waals surface area contributed by atoms with Gasteiger partial charge in [0.05, 0.1) is 19.8 Å². The van der Waals surface area contributed by atoms with Crippen LogP contribution in [0.25, 0.3) is 0 Å². The highest BCUT2D eigenvalue weighted by Gasteiger charge is 2.30. The Bertz CT molecular complexity index is 278. The summed E-state index contributed by atoms with van der Waals surface area (Å²) >= 11 is 0. The Hall–Kier alpha value is -0.860. The number of benzene rings is 1. The van der Waals surface area contributed by atoms with Crippen molar-refractivity contribution in [2.75, 3.05) is 32.8 Å². The fourth-order valence-electron chi connectivity index (χ4n) is 2.19. The molecule has 1 aromatic rings. The van der Waals surface area contributed by atoms with Gasteiger partial charge in [-0.15, -0.1) is 0 Å². The number of likely N-dealkylation sites (N-methyl/N-ethyl adjacent to an activating group) is 1. The molecule has 76 valence electrons. The third-order valence-corrected chi connectivity index (χ3v) is 3.24. The fourth-order valence-corrected chi connectivity index (χ4v) is 2.19. The smallest absolute Gasteiger partial charge is 0.132 e. The molecule has 0 spiro atoms. The van der Waals surface area contributed by atoms with E-state index in [0.29, 0.717) is 0 Å². The lowest BCUT2D eigenvalue weighted by molar-refractivity contribution is 0.0432. The second-order valence-electron chi connectivity index (χ2n) is 3.86. The average molecular weight is 192 g/mol. The molecule has 2 nitrogen and oxygen atoms in total. The number of para-hydroxylation sites is 1. The largest absolute Gasteiger partial charge is 0.370 e. The lowest BCUT2D eigenvalue weighted by Crippen LogP contribution is -2.56. The molecule has 1 saturated heterocycles. The molecule has 2 rings (SSSR count). The van der Waals surface area contributed by atoms with E-state index in [2.05, 4.69) is 37.3 Å². The van der Waals surface area contributed by atoms with Gasteiger partial charge in [0.15, 0.2) is 0 Å². The van der Waals surface area contributed by atoms with Gasteiger partial charge in [0.2, 0.25) is 0 Å². The van der Waals surface area contributed by atoms with Crippen molar-refractivity contribution in [3.63, 3.8) is 0 Å². The molecule has 0 unspecified atom stereocenters. The van der Waals surface area contributed by atoms with Gasteiger partial charge < -0.3 is 4.74 Å². The maximum Gasteiger partial charge on any atom is 0.132 e. The van der Waals surface area contributed by atoms with Crippen LogP contribution in [0.4, 0.5) is 5.69 Å². The van der Waals surface area contributed by atoms with Crippen molar-refractivity contribution in [2.45, 2.75) is 6.92 Å². The molecule has 0 aliphatic carbocycles. The first kappa shape index (κ1) is 9.69. The predicted molar refractivity (Wildman–Crippen MR) is 59.3 cm³/mol. The van der Waals surface area contributed by atoms with Gasteiger partial charge >= 0.3 is 0 Å². The van der Waals surface area contributed by atoms with Crippen molar-refractivity contribution >= 4 is 5.69 Å². The van der Waals surface area contributed by atoms with E-state index >= 15 is 0 Å². The third-order valence-electron chi connectivity index (χ3n) is 3.24. The summed E-state index contributed by atoms with van der Waals surface area (Å²) in [6.07, 6.45) is 0. The van der Waals surface area contributed by atoms with Gasteiger partial charge in [-0.05, 0) is 19.1 Å². The number of nitrogens with zero attached hydrogens (tertiary/aromatic N) is 1. The van der Waals surface area contributed by atoms with Crippen molar-refractivity contribution in [3.05, 3.63) is 30.3 Å². The van der Waals surface area contributed by atoms with Gasteiger partial charge in [-0.25, -0.2) is 0 Å². The van der Waals surface area contributed by atoms with E-state index in [1.807, 2.05) is 0 Å². The molecular weight excluding hydrogens is 174 g/mol. The first-order valence-corrected chi connectivity index (χ1v) is 5.37. The minimum atomic E-state index is 0.892. The Labute approximate surface area is 85.7 Å². The van der Waals surface area contributed by atoms with Crippen LogP contribution >= 0.6 is 0 Å². The summed E-state index contributed by atoms with van der Waals surface area (Å²) in [6, 6.07) is 10.8. The Morgan fingerprint density at radius 3 is 2.36 bits per heavy atom. The van der Waals surface area contributed by atoms with E-state index in [9.17, 15) is 0 Å². The Morgan fingerprint density at radius 2 is 1.79 bits per heavy atom. The SMILES string of the molecule is CC[N+]1(c2ccccc2)CCOCC1. The van der Waals surface area contributed by atoms with Gasteiger partial charge in [-0.1, -0.05) is 18.2 Å². The molecule has 1 fully saturated rings. The van der Waals surface area contributed by atoms with Gasteiger partial charge in [-0.3, -0.25) is 4.48 Å². The van der Waals surface area contributed by atoms with Crippen molar-refractivity contribution in [1.82, 2.24) is 4.48 Å². The molecule has 2 heteroatoms. The summed E-state index contributed by atoms with van der Waals surface area (Å²) in [7, 11) is 0. The summed E-state index contributed by atoms with van der Waals surface area (Å²) < 4.78 is 6.52. The zero-order valence-corrected chi connectivity index (χ0v) is 8.78. The number of morpholine rings is 1. The highest BCUT2D eigenvalue weighted by atomic mass is 16.5. The summed E-state index contributed by atoms with van der Waals surface area (Å²) in [4.78, 5) is 0. The van der Waals surface area contributed by atoms with Gasteiger partial charge in [0.25, 0.3) is 0 Å². The molecule has 1 aliphatic rings. The van der Waals surface area contributed by atoms with E-state index in [-0.39, 0.29) is 0 Å². The van der Waals surface area contributed by atoms with Crippen LogP contribution in [-0.2, 0) is 4.74 Å². The minimum absolute atomic E-state index is 0.892. The monoisotopic (exact) mass is 192 g/mol. The van der Waals surface area contributed by atoms with Crippen LogP contribution in [0.5, 0.6) is 0 Å². The normalized spacial score (nSPS) is 20.6. The topological polar surface area (TPSA) is 9.23 Å². The molecule has 1 aromatic carbocycles. The highest BCUT2D eigenvalue weighted by Crippen LogP contribution is 2.23. The molecular formula is C12H18NO+. The second kappa shape index (κ2) is 4.11. The third kappa shape index (κ3) is 1.68. The van der Waals surface area contributed by atoms with Crippen molar-refractivity contribution in [2.24, 2.45) is 0 Å². The minimum Gasteiger partial charge on any atom is -0.370 e. The average Bonchev–Trinajstić information content (AvgIpc) is 2.31. The number of hydrogen-bond donors (Lipinski definition) is 0. The lowest BCUT2D eigenvalue weighted by atomic mass is 10.2. The van der Waals surface area contributed by atoms with E-state index in [4.69, 9.17) is 4.74 Å². The molecule has 0 N–H and O–H groups in total. The summed E-state index contributed by atoms with van der Waals surface area (Å²) in [5, 5.41) is 0. The van der Waals surface area contributed by atoms with Crippen molar-refractivity contribution in [1.29, 1.82) is 0 Å². The first-order chi connectivity index (χ1) is 6.87. The van der Waals surface area contributed by atoms with Crippen LogP contribution in [0.3, 0.4) is 0 Å². The fraction of sp³-hybridized carbons (Fsp3) is 0.500. The molecule has 0 amide bonds.